The number of nitrogens with zero attached hydrogens (tertiary/aromatic N) is 1. The number of aliphatic hydroxyl groups excluding tert-OH is 1. The van der Waals surface area contributed by atoms with Gasteiger partial charge in [0, 0.05) is 5.72 Å². The lowest BCUT2D eigenvalue weighted by molar-refractivity contribution is -0.0980. The highest BCUT2D eigenvalue weighted by Gasteiger charge is 2.83. The third-order valence-electron chi connectivity index (χ3n) is 3.42. The summed E-state index contributed by atoms with van der Waals surface area (Å²) >= 11 is 0. The molecule has 2 saturated heterocycles. The van der Waals surface area contributed by atoms with E-state index in [-0.39, 0.29) is 18.3 Å². The zero-order valence-electron chi connectivity index (χ0n) is 7.47. The van der Waals surface area contributed by atoms with Crippen molar-refractivity contribution in [2.45, 2.75) is 42.7 Å². The minimum atomic E-state index is -1.26. The van der Waals surface area contributed by atoms with Gasteiger partial charge in [-0.1, -0.05) is 0 Å². The molecule has 0 amide bonds. The molecule has 0 spiro atoms. The van der Waals surface area contributed by atoms with Crippen molar-refractivity contribution in [1.29, 1.82) is 0 Å². The molecule has 74 valence electrons. The van der Waals surface area contributed by atoms with E-state index >= 15 is 0 Å². The van der Waals surface area contributed by atoms with Crippen LogP contribution in [0.3, 0.4) is 0 Å². The third-order valence-corrected chi connectivity index (χ3v) is 3.42. The fraction of sp³-hybridized carbons (Fsp3) is 1.00. The first kappa shape index (κ1) is 8.14. The van der Waals surface area contributed by atoms with Crippen LogP contribution < -0.4 is 0 Å². The molecule has 1 aliphatic carbocycles. The maximum absolute atomic E-state index is 10.1. The summed E-state index contributed by atoms with van der Waals surface area (Å²) in [7, 11) is 1.65. The Morgan fingerprint density at radius 1 is 1.46 bits per heavy atom. The van der Waals surface area contributed by atoms with E-state index in [2.05, 4.69) is 5.32 Å². The Balaban J connectivity index is 1.95. The van der Waals surface area contributed by atoms with Crippen molar-refractivity contribution < 1.29 is 19.7 Å². The molecule has 6 atom stereocenters. The summed E-state index contributed by atoms with van der Waals surface area (Å²) in [4.78, 5) is 0. The second-order valence-corrected chi connectivity index (χ2v) is 4.01. The van der Waals surface area contributed by atoms with E-state index in [4.69, 9.17) is 9.47 Å². The van der Waals surface area contributed by atoms with E-state index in [1.165, 1.54) is 0 Å². The molecule has 0 aromatic heterocycles. The molecule has 2 aliphatic heterocycles. The van der Waals surface area contributed by atoms with Crippen LogP contribution in [0.15, 0.2) is 0 Å². The molecule has 6 unspecified atom stereocenters. The van der Waals surface area contributed by atoms with Crippen molar-refractivity contribution in [2.24, 2.45) is 0 Å². The summed E-state index contributed by atoms with van der Waals surface area (Å²) in [6.45, 7) is 1.55. The summed E-state index contributed by atoms with van der Waals surface area (Å²) in [6, 6.07) is 0. The van der Waals surface area contributed by atoms with E-state index in [0.717, 1.165) is 0 Å². The van der Waals surface area contributed by atoms with E-state index < -0.39 is 17.4 Å². The van der Waals surface area contributed by atoms with Crippen LogP contribution in [0.4, 0.5) is 0 Å². The molecule has 0 aromatic rings. The molecule has 5 nitrogen and oxygen atoms in total. The Bertz CT molecular complexity index is 271. The first-order valence-corrected chi connectivity index (χ1v) is 4.42. The number of likely N-dealkylation sites (N-methyl/N-ethyl adjacent to an activating group) is 1. The minimum Gasteiger partial charge on any atom is -0.632 e. The molecule has 3 aliphatic rings. The van der Waals surface area contributed by atoms with Crippen LogP contribution in [-0.4, -0.2) is 53.0 Å². The number of hydrogen-bond donors (Lipinski definition) is 2. The van der Waals surface area contributed by atoms with Crippen molar-refractivity contribution in [3.05, 3.63) is 5.32 Å². The first-order valence-electron chi connectivity index (χ1n) is 4.42. The highest BCUT2D eigenvalue weighted by molar-refractivity contribution is 5.39. The van der Waals surface area contributed by atoms with Crippen molar-refractivity contribution in [2.75, 3.05) is 7.05 Å². The zero-order chi connectivity index (χ0) is 9.43. The second kappa shape index (κ2) is 1.92. The number of fused-ring (bicyclic) bond motifs is 3. The number of aliphatic hydroxyl groups is 2. The van der Waals surface area contributed by atoms with Gasteiger partial charge in [0.05, 0.1) is 12.2 Å². The molecule has 0 bridgehead atoms. The monoisotopic (exact) mass is 186 g/mol. The van der Waals surface area contributed by atoms with Crippen LogP contribution >= 0.6 is 0 Å². The molecular weight excluding hydrogens is 174 g/mol. The van der Waals surface area contributed by atoms with Crippen LogP contribution in [0, 0.1) is 0 Å². The summed E-state index contributed by atoms with van der Waals surface area (Å²) in [5.74, 6) is 0. The summed E-state index contributed by atoms with van der Waals surface area (Å²) in [5.41, 5.74) is -1.92. The quantitative estimate of drug-likeness (QED) is 0.541. The SMILES string of the molecule is C[N-]C12OC1C(O)(C(C)O)C1OC12. The van der Waals surface area contributed by atoms with Crippen LogP contribution in [0.25, 0.3) is 5.32 Å². The van der Waals surface area contributed by atoms with Gasteiger partial charge >= 0.3 is 0 Å². The molecule has 0 radical (unpaired) electrons. The predicted octanol–water partition coefficient (Wildman–Crippen LogP) is -1.02. The second-order valence-electron chi connectivity index (χ2n) is 4.01. The lowest BCUT2D eigenvalue weighted by atomic mass is 9.94. The topological polar surface area (TPSA) is 79.6 Å². The third kappa shape index (κ3) is 0.649. The van der Waals surface area contributed by atoms with Crippen molar-refractivity contribution >= 4 is 0 Å². The summed E-state index contributed by atoms with van der Waals surface area (Å²) in [6.07, 6.45) is -1.68. The molecule has 3 rings (SSSR count). The standard InChI is InChI=1S/C8H12NO4/c1-3(10)7(11)4-5(12-4)8(9-2)6(7)13-8/h3-6,10-11H,1-2H3/q-1. The van der Waals surface area contributed by atoms with Gasteiger partial charge in [-0.25, -0.2) is 0 Å². The van der Waals surface area contributed by atoms with Crippen molar-refractivity contribution in [1.82, 2.24) is 0 Å². The van der Waals surface area contributed by atoms with E-state index in [9.17, 15) is 10.2 Å². The van der Waals surface area contributed by atoms with Gasteiger partial charge in [0.1, 0.15) is 17.8 Å². The van der Waals surface area contributed by atoms with Crippen molar-refractivity contribution in [3.63, 3.8) is 0 Å². The van der Waals surface area contributed by atoms with Gasteiger partial charge in [0.15, 0.2) is 0 Å². The molecule has 5 heteroatoms. The van der Waals surface area contributed by atoms with Crippen molar-refractivity contribution in [3.8, 4) is 0 Å². The number of hydrogen-bond acceptors (Lipinski definition) is 4. The van der Waals surface area contributed by atoms with Gasteiger partial charge in [-0.2, -0.15) is 7.05 Å². The number of epoxide rings is 2. The molecular formula is C8H12NO4-. The van der Waals surface area contributed by atoms with Gasteiger partial charge in [-0.05, 0) is 6.92 Å². The van der Waals surface area contributed by atoms with Gasteiger partial charge in [0.2, 0.25) is 0 Å². The lowest BCUT2D eigenvalue weighted by Crippen LogP contribution is -2.49. The van der Waals surface area contributed by atoms with Gasteiger partial charge in [0.25, 0.3) is 0 Å². The predicted molar refractivity (Wildman–Crippen MR) is 42.2 cm³/mol. The van der Waals surface area contributed by atoms with Crippen LogP contribution in [0.1, 0.15) is 6.92 Å². The maximum atomic E-state index is 10.1. The van der Waals surface area contributed by atoms with Crippen LogP contribution in [-0.2, 0) is 9.47 Å². The summed E-state index contributed by atoms with van der Waals surface area (Å²) < 4.78 is 10.6. The Kier molecular flexibility index (Phi) is 1.20. The molecule has 3 fully saturated rings. The molecule has 1 saturated carbocycles. The Labute approximate surface area is 75.6 Å². The lowest BCUT2D eigenvalue weighted by Gasteiger charge is -2.27. The molecule has 2 N–H and O–H groups in total. The van der Waals surface area contributed by atoms with Gasteiger partial charge < -0.3 is 25.0 Å². The Morgan fingerprint density at radius 3 is 2.54 bits per heavy atom. The maximum Gasteiger partial charge on any atom is 0.146 e. The fourth-order valence-electron chi connectivity index (χ4n) is 2.48. The zero-order valence-corrected chi connectivity index (χ0v) is 7.47. The minimum absolute atomic E-state index is 0.151. The highest BCUT2D eigenvalue weighted by atomic mass is 16.7. The average Bonchev–Trinajstić information content (AvgIpc) is 2.95. The van der Waals surface area contributed by atoms with Crippen LogP contribution in [0.2, 0.25) is 0 Å². The number of rotatable bonds is 2. The molecule has 0 aromatic carbocycles. The van der Waals surface area contributed by atoms with E-state index in [0.29, 0.717) is 0 Å². The highest BCUT2D eigenvalue weighted by Crippen LogP contribution is 2.67. The number of ether oxygens (including phenoxy) is 2. The normalized spacial score (nSPS) is 64.2. The fourth-order valence-corrected chi connectivity index (χ4v) is 2.48. The van der Waals surface area contributed by atoms with E-state index in [1.807, 2.05) is 0 Å². The van der Waals surface area contributed by atoms with E-state index in [1.54, 1.807) is 14.0 Å². The van der Waals surface area contributed by atoms with Crippen LogP contribution in [0.5, 0.6) is 0 Å². The Morgan fingerprint density at radius 2 is 2.15 bits per heavy atom. The first-order chi connectivity index (χ1) is 6.07. The largest absolute Gasteiger partial charge is 0.632 e. The van der Waals surface area contributed by atoms with Gasteiger partial charge in [-0.3, -0.25) is 0 Å². The molecule has 13 heavy (non-hydrogen) atoms. The Hall–Kier alpha value is -0.200. The molecule has 2 heterocycles. The smallest absolute Gasteiger partial charge is 0.146 e. The average molecular weight is 186 g/mol. The van der Waals surface area contributed by atoms with Gasteiger partial charge in [-0.15, -0.1) is 0 Å². The summed E-state index contributed by atoms with van der Waals surface area (Å²) in [5, 5.41) is 23.7.